The number of carbonyl (C=O) groups excluding carboxylic acids is 2. The Labute approximate surface area is 150 Å². The van der Waals surface area contributed by atoms with Crippen LogP contribution >= 0.6 is 0 Å². The van der Waals surface area contributed by atoms with Gasteiger partial charge in [0.2, 0.25) is 5.91 Å². The van der Waals surface area contributed by atoms with E-state index < -0.39 is 0 Å². The van der Waals surface area contributed by atoms with Gasteiger partial charge in [-0.05, 0) is 37.3 Å². The Hall–Kier alpha value is -1.88. The predicted octanol–water partition coefficient (Wildman–Crippen LogP) is 2.06. The van der Waals surface area contributed by atoms with E-state index in [1.165, 1.54) is 12.8 Å². The number of hydrogen-bond acceptors (Lipinski definition) is 3. The van der Waals surface area contributed by atoms with Crippen LogP contribution in [0.1, 0.15) is 41.6 Å². The quantitative estimate of drug-likeness (QED) is 0.910. The molecule has 2 fully saturated rings. The summed E-state index contributed by atoms with van der Waals surface area (Å²) in [6.45, 7) is 4.89. The van der Waals surface area contributed by atoms with E-state index in [2.05, 4.69) is 10.2 Å². The Morgan fingerprint density at radius 3 is 2.32 bits per heavy atom. The highest BCUT2D eigenvalue weighted by Crippen LogP contribution is 2.31. The van der Waals surface area contributed by atoms with Crippen LogP contribution in [0, 0.1) is 12.8 Å². The van der Waals surface area contributed by atoms with Crippen LogP contribution in [0.25, 0.3) is 0 Å². The second-order valence-corrected chi connectivity index (χ2v) is 7.25. The van der Waals surface area contributed by atoms with Gasteiger partial charge in [-0.1, -0.05) is 31.0 Å². The highest BCUT2D eigenvalue weighted by molar-refractivity contribution is 5.95. The van der Waals surface area contributed by atoms with Crippen LogP contribution in [0.5, 0.6) is 0 Å². The number of rotatable bonds is 4. The Kier molecular flexibility index (Phi) is 5.74. The summed E-state index contributed by atoms with van der Waals surface area (Å²) in [4.78, 5) is 29.4. The molecule has 0 bridgehead atoms. The number of nitrogens with zero attached hydrogens (tertiary/aromatic N) is 2. The molecule has 5 heteroatoms. The van der Waals surface area contributed by atoms with Gasteiger partial charge in [0.05, 0.1) is 6.04 Å². The fourth-order valence-corrected chi connectivity index (χ4v) is 4.29. The fraction of sp³-hybridized carbons (Fsp3) is 0.600. The van der Waals surface area contributed by atoms with Crippen molar-refractivity contribution in [3.63, 3.8) is 0 Å². The van der Waals surface area contributed by atoms with Crippen molar-refractivity contribution < 1.29 is 9.59 Å². The minimum Gasteiger partial charge on any atom is -0.358 e. The number of nitrogens with one attached hydrogen (secondary N) is 1. The molecular formula is C20H29N3O2. The van der Waals surface area contributed by atoms with Crippen LogP contribution in [-0.2, 0) is 4.79 Å². The molecule has 25 heavy (non-hydrogen) atoms. The number of hydrogen-bond donors (Lipinski definition) is 1. The first-order valence-electron chi connectivity index (χ1n) is 9.42. The van der Waals surface area contributed by atoms with Crippen molar-refractivity contribution in [1.29, 1.82) is 0 Å². The van der Waals surface area contributed by atoms with Gasteiger partial charge in [-0.15, -0.1) is 0 Å². The molecule has 1 heterocycles. The van der Waals surface area contributed by atoms with Crippen molar-refractivity contribution >= 4 is 11.8 Å². The fourth-order valence-electron chi connectivity index (χ4n) is 4.29. The Balaban J connectivity index is 1.65. The molecule has 1 N–H and O–H groups in total. The lowest BCUT2D eigenvalue weighted by Gasteiger charge is -2.40. The zero-order valence-electron chi connectivity index (χ0n) is 15.3. The molecule has 0 radical (unpaired) electrons. The average Bonchev–Trinajstić information content (AvgIpc) is 3.16. The smallest absolute Gasteiger partial charge is 0.254 e. The lowest BCUT2D eigenvalue weighted by molar-refractivity contribution is -0.128. The zero-order chi connectivity index (χ0) is 17.8. The molecule has 1 saturated heterocycles. The summed E-state index contributed by atoms with van der Waals surface area (Å²) in [6, 6.07) is 7.71. The van der Waals surface area contributed by atoms with Crippen molar-refractivity contribution in [2.24, 2.45) is 5.92 Å². The average molecular weight is 343 g/mol. The minimum atomic E-state index is -0.0387. The first-order chi connectivity index (χ1) is 12.1. The molecule has 5 nitrogen and oxygen atoms in total. The molecule has 0 spiro atoms. The van der Waals surface area contributed by atoms with E-state index in [0.717, 1.165) is 37.1 Å². The molecule has 2 aliphatic rings. The number of likely N-dealkylation sites (N-methyl/N-ethyl adjacent to an activating group) is 1. The van der Waals surface area contributed by atoms with Gasteiger partial charge in [0.1, 0.15) is 0 Å². The third-order valence-electron chi connectivity index (χ3n) is 5.73. The second-order valence-electron chi connectivity index (χ2n) is 7.25. The zero-order valence-corrected chi connectivity index (χ0v) is 15.3. The second kappa shape index (κ2) is 8.00. The number of piperazine rings is 1. The van der Waals surface area contributed by atoms with E-state index in [1.54, 1.807) is 7.05 Å². The van der Waals surface area contributed by atoms with Gasteiger partial charge in [-0.2, -0.15) is 0 Å². The molecule has 1 aromatic rings. The lowest BCUT2D eigenvalue weighted by Crippen LogP contribution is -2.57. The number of aryl methyl sites for hydroxylation is 1. The van der Waals surface area contributed by atoms with Gasteiger partial charge >= 0.3 is 0 Å². The van der Waals surface area contributed by atoms with E-state index in [4.69, 9.17) is 0 Å². The van der Waals surface area contributed by atoms with Gasteiger partial charge in [0.25, 0.3) is 5.91 Å². The Morgan fingerprint density at radius 2 is 1.72 bits per heavy atom. The van der Waals surface area contributed by atoms with E-state index in [-0.39, 0.29) is 17.9 Å². The normalized spacial score (nSPS) is 20.5. The molecule has 3 rings (SSSR count). The molecule has 1 unspecified atom stereocenters. The summed E-state index contributed by atoms with van der Waals surface area (Å²) in [6.07, 6.45) is 4.73. The first kappa shape index (κ1) is 17.9. The maximum absolute atomic E-state index is 12.8. The van der Waals surface area contributed by atoms with E-state index >= 15 is 0 Å². The van der Waals surface area contributed by atoms with Crippen molar-refractivity contribution in [3.8, 4) is 0 Å². The van der Waals surface area contributed by atoms with Crippen LogP contribution < -0.4 is 5.32 Å². The third kappa shape index (κ3) is 3.87. The van der Waals surface area contributed by atoms with Gasteiger partial charge in [0, 0.05) is 38.8 Å². The van der Waals surface area contributed by atoms with Crippen molar-refractivity contribution in [2.45, 2.75) is 38.6 Å². The summed E-state index contributed by atoms with van der Waals surface area (Å²) >= 11 is 0. The van der Waals surface area contributed by atoms with Crippen LogP contribution in [0.2, 0.25) is 0 Å². The highest BCUT2D eigenvalue weighted by atomic mass is 16.2. The molecule has 1 saturated carbocycles. The molecule has 0 aromatic heterocycles. The largest absolute Gasteiger partial charge is 0.358 e. The van der Waals surface area contributed by atoms with Crippen molar-refractivity contribution in [2.75, 3.05) is 33.2 Å². The SMILES string of the molecule is CNC(=O)C(C1CCCC1)N1CCN(C(=O)c2ccccc2C)CC1. The third-order valence-corrected chi connectivity index (χ3v) is 5.73. The molecular weight excluding hydrogens is 314 g/mol. The highest BCUT2D eigenvalue weighted by Gasteiger charge is 2.36. The molecule has 136 valence electrons. The van der Waals surface area contributed by atoms with Crippen LogP contribution in [0.4, 0.5) is 0 Å². The number of benzene rings is 1. The number of amides is 2. The molecule has 2 amide bonds. The molecule has 1 aliphatic carbocycles. The van der Waals surface area contributed by atoms with E-state index in [1.807, 2.05) is 36.1 Å². The first-order valence-corrected chi connectivity index (χ1v) is 9.42. The summed E-state index contributed by atoms with van der Waals surface area (Å²) in [7, 11) is 1.72. The maximum atomic E-state index is 12.8. The minimum absolute atomic E-state index is 0.0387. The lowest BCUT2D eigenvalue weighted by atomic mass is 9.95. The molecule has 1 aromatic carbocycles. The maximum Gasteiger partial charge on any atom is 0.254 e. The van der Waals surface area contributed by atoms with Crippen molar-refractivity contribution in [1.82, 2.24) is 15.1 Å². The van der Waals surface area contributed by atoms with Gasteiger partial charge in [-0.3, -0.25) is 14.5 Å². The molecule has 1 atom stereocenters. The van der Waals surface area contributed by atoms with E-state index in [0.29, 0.717) is 19.0 Å². The van der Waals surface area contributed by atoms with Gasteiger partial charge in [0.15, 0.2) is 0 Å². The van der Waals surface area contributed by atoms with Crippen LogP contribution in [0.3, 0.4) is 0 Å². The van der Waals surface area contributed by atoms with Crippen LogP contribution in [-0.4, -0.2) is 60.9 Å². The monoisotopic (exact) mass is 343 g/mol. The van der Waals surface area contributed by atoms with E-state index in [9.17, 15) is 9.59 Å². The summed E-state index contributed by atoms with van der Waals surface area (Å²) < 4.78 is 0. The standard InChI is InChI=1S/C20H29N3O2/c1-15-7-3-6-10-17(15)20(25)23-13-11-22(12-14-23)18(19(24)21-2)16-8-4-5-9-16/h3,6-7,10,16,18H,4-5,8-9,11-14H2,1-2H3,(H,21,24). The Bertz CT molecular complexity index is 617. The topological polar surface area (TPSA) is 52.7 Å². The Morgan fingerprint density at radius 1 is 1.08 bits per heavy atom. The molecule has 1 aliphatic heterocycles. The summed E-state index contributed by atoms with van der Waals surface area (Å²) in [5.41, 5.74) is 1.80. The van der Waals surface area contributed by atoms with Gasteiger partial charge < -0.3 is 10.2 Å². The summed E-state index contributed by atoms with van der Waals surface area (Å²) in [5.74, 6) is 0.694. The number of carbonyl (C=O) groups is 2. The summed E-state index contributed by atoms with van der Waals surface area (Å²) in [5, 5.41) is 2.85. The van der Waals surface area contributed by atoms with Crippen LogP contribution in [0.15, 0.2) is 24.3 Å². The van der Waals surface area contributed by atoms with Crippen molar-refractivity contribution in [3.05, 3.63) is 35.4 Å². The predicted molar refractivity (Wildman–Crippen MR) is 98.5 cm³/mol. The van der Waals surface area contributed by atoms with Gasteiger partial charge in [-0.25, -0.2) is 0 Å².